The van der Waals surface area contributed by atoms with Crippen LogP contribution in [-0.4, -0.2) is 61.2 Å². The minimum atomic E-state index is -0.675. The van der Waals surface area contributed by atoms with Gasteiger partial charge in [-0.05, 0) is 65.5 Å². The Balaban J connectivity index is 1.49. The van der Waals surface area contributed by atoms with Gasteiger partial charge in [0.1, 0.15) is 5.60 Å². The van der Waals surface area contributed by atoms with Crippen molar-refractivity contribution in [3.8, 4) is 0 Å². The molecule has 240 valence electrons. The number of allylic oxidation sites excluding steroid dienone is 2. The summed E-state index contributed by atoms with van der Waals surface area (Å²) in [4.78, 5) is 72.7. The number of ether oxygens (including phenoxy) is 1. The number of hydrogen-bond donors (Lipinski definition) is 2. The Morgan fingerprint density at radius 2 is 1.82 bits per heavy atom. The standard InChI is InChI=1S/C32H41N7O6/c1-6-7-17-38-25-26(35-29(38)37-16-10-11-21(18-37)33-30(43)45-32(2,3)4)36(5)31(44)39(28(25)42)19-24(40)22-12-8-9-13-23(22)34-27(41)20-14-15-20/h6-9,12-13,20-21H,10-11,14-19H2,1-5H3,(H,33,43)(H,34,41). The van der Waals surface area contributed by atoms with Gasteiger partial charge in [-0.15, -0.1) is 0 Å². The molecule has 3 heterocycles. The first-order valence-corrected chi connectivity index (χ1v) is 15.4. The molecule has 2 amide bonds. The molecule has 2 N–H and O–H groups in total. The fraction of sp³-hybridized carbons (Fsp3) is 0.500. The highest BCUT2D eigenvalue weighted by Crippen LogP contribution is 2.31. The minimum absolute atomic E-state index is 0.0552. The largest absolute Gasteiger partial charge is 0.444 e. The Hall–Kier alpha value is -4.68. The molecular weight excluding hydrogens is 578 g/mol. The highest BCUT2D eigenvalue weighted by atomic mass is 16.6. The summed E-state index contributed by atoms with van der Waals surface area (Å²) >= 11 is 0. The maximum absolute atomic E-state index is 14.0. The molecule has 13 heteroatoms. The number of carbonyl (C=O) groups is 3. The Labute approximate surface area is 260 Å². The monoisotopic (exact) mass is 619 g/mol. The van der Waals surface area contributed by atoms with Crippen LogP contribution in [0, 0.1) is 5.92 Å². The molecule has 2 fully saturated rings. The lowest BCUT2D eigenvalue weighted by atomic mass is 10.1. The van der Waals surface area contributed by atoms with Gasteiger partial charge in [0.15, 0.2) is 16.9 Å². The van der Waals surface area contributed by atoms with E-state index in [0.717, 1.165) is 30.3 Å². The molecule has 0 bridgehead atoms. The van der Waals surface area contributed by atoms with E-state index in [0.29, 0.717) is 31.3 Å². The van der Waals surface area contributed by atoms with Gasteiger partial charge in [0.05, 0.1) is 12.2 Å². The number of fused-ring (bicyclic) bond motifs is 1. The van der Waals surface area contributed by atoms with E-state index in [9.17, 15) is 24.0 Å². The van der Waals surface area contributed by atoms with E-state index < -0.39 is 35.3 Å². The van der Waals surface area contributed by atoms with E-state index in [1.807, 2.05) is 24.0 Å². The fourth-order valence-electron chi connectivity index (χ4n) is 5.52. The second kappa shape index (κ2) is 12.7. The molecule has 1 aromatic carbocycles. The molecular formula is C32H41N7O6. The maximum Gasteiger partial charge on any atom is 0.407 e. The van der Waals surface area contributed by atoms with Crippen molar-refractivity contribution in [1.29, 1.82) is 0 Å². The Bertz CT molecular complexity index is 1770. The first-order chi connectivity index (χ1) is 21.4. The van der Waals surface area contributed by atoms with Crippen molar-refractivity contribution in [2.75, 3.05) is 23.3 Å². The molecule has 1 atom stereocenters. The first-order valence-electron chi connectivity index (χ1n) is 15.4. The van der Waals surface area contributed by atoms with Crippen molar-refractivity contribution < 1.29 is 19.1 Å². The van der Waals surface area contributed by atoms with Crippen LogP contribution in [0.1, 0.15) is 63.7 Å². The molecule has 2 aliphatic rings. The molecule has 45 heavy (non-hydrogen) atoms. The van der Waals surface area contributed by atoms with Crippen LogP contribution in [0.3, 0.4) is 0 Å². The number of anilines is 2. The number of aryl methyl sites for hydroxylation is 1. The number of carbonyl (C=O) groups excluding carboxylic acids is 3. The van der Waals surface area contributed by atoms with Crippen molar-refractivity contribution in [2.24, 2.45) is 13.0 Å². The number of benzene rings is 1. The molecule has 1 saturated carbocycles. The van der Waals surface area contributed by atoms with Gasteiger partial charge in [-0.1, -0.05) is 24.3 Å². The van der Waals surface area contributed by atoms with Crippen molar-refractivity contribution in [3.63, 3.8) is 0 Å². The molecule has 5 rings (SSSR count). The van der Waals surface area contributed by atoms with Crippen molar-refractivity contribution in [2.45, 2.75) is 78.1 Å². The average molecular weight is 620 g/mol. The minimum Gasteiger partial charge on any atom is -0.444 e. The molecule has 2 aromatic heterocycles. The number of nitrogens with one attached hydrogen (secondary N) is 2. The summed E-state index contributed by atoms with van der Waals surface area (Å²) in [5.41, 5.74) is -0.971. The number of nitrogens with zero attached hydrogens (tertiary/aromatic N) is 5. The van der Waals surface area contributed by atoms with Gasteiger partial charge >= 0.3 is 11.8 Å². The van der Waals surface area contributed by atoms with Crippen LogP contribution >= 0.6 is 0 Å². The van der Waals surface area contributed by atoms with E-state index in [1.165, 1.54) is 11.6 Å². The topological polar surface area (TPSA) is 150 Å². The van der Waals surface area contributed by atoms with Gasteiger partial charge in [0, 0.05) is 44.2 Å². The summed E-state index contributed by atoms with van der Waals surface area (Å²) in [6.07, 6.45) is 6.38. The summed E-state index contributed by atoms with van der Waals surface area (Å²) in [5.74, 6) is -0.193. The van der Waals surface area contributed by atoms with Gasteiger partial charge in [-0.2, -0.15) is 4.98 Å². The predicted molar refractivity (Wildman–Crippen MR) is 171 cm³/mol. The van der Waals surface area contributed by atoms with Crippen LogP contribution in [0.4, 0.5) is 16.4 Å². The summed E-state index contributed by atoms with van der Waals surface area (Å²) in [6, 6.07) is 6.39. The number of amides is 2. The van der Waals surface area contributed by atoms with Crippen LogP contribution in [-0.2, 0) is 29.7 Å². The quantitative estimate of drug-likeness (QED) is 0.274. The SMILES string of the molecule is CC=CCn1c(N2CCCC(NC(=O)OC(C)(C)C)C2)nc2c1c(=O)n(CC(=O)c1ccccc1NC(=O)C1CC1)c(=O)n2C. The summed E-state index contributed by atoms with van der Waals surface area (Å²) in [7, 11) is 1.52. The summed E-state index contributed by atoms with van der Waals surface area (Å²) in [6.45, 7) is 8.15. The van der Waals surface area contributed by atoms with Crippen molar-refractivity contribution >= 4 is 40.6 Å². The second-order valence-corrected chi connectivity index (χ2v) is 12.7. The zero-order chi connectivity index (χ0) is 32.5. The van der Waals surface area contributed by atoms with E-state index in [2.05, 4.69) is 10.6 Å². The number of aromatic nitrogens is 4. The number of ketones is 1. The number of Topliss-reactive ketones (excluding diaryl/α,β-unsaturated/α-hetero) is 1. The number of piperidine rings is 1. The molecule has 1 unspecified atom stereocenters. The van der Waals surface area contributed by atoms with E-state index >= 15 is 0 Å². The number of rotatable bonds is 9. The van der Waals surface area contributed by atoms with Crippen LogP contribution < -0.4 is 26.8 Å². The Morgan fingerprint density at radius 3 is 2.51 bits per heavy atom. The number of alkyl carbamates (subject to hydrolysis) is 1. The first kappa shape index (κ1) is 31.7. The number of para-hydroxylation sites is 1. The summed E-state index contributed by atoms with van der Waals surface area (Å²) in [5, 5.41) is 5.75. The molecule has 1 aliphatic carbocycles. The molecule has 1 aliphatic heterocycles. The third-order valence-electron chi connectivity index (χ3n) is 7.90. The van der Waals surface area contributed by atoms with Gasteiger partial charge in [-0.25, -0.2) is 9.59 Å². The Kier molecular flexibility index (Phi) is 8.98. The molecule has 1 saturated heterocycles. The molecule has 13 nitrogen and oxygen atoms in total. The lowest BCUT2D eigenvalue weighted by Gasteiger charge is -2.34. The van der Waals surface area contributed by atoms with E-state index in [1.54, 1.807) is 49.6 Å². The van der Waals surface area contributed by atoms with E-state index in [-0.39, 0.29) is 34.6 Å². The highest BCUT2D eigenvalue weighted by molar-refractivity contribution is 6.05. The maximum atomic E-state index is 14.0. The molecule has 0 radical (unpaired) electrons. The lowest BCUT2D eigenvalue weighted by Crippen LogP contribution is -2.49. The van der Waals surface area contributed by atoms with Gasteiger partial charge in [-0.3, -0.25) is 23.5 Å². The normalized spacial score (nSPS) is 17.1. The predicted octanol–water partition coefficient (Wildman–Crippen LogP) is 3.20. The molecule has 0 spiro atoms. The average Bonchev–Trinajstić information content (AvgIpc) is 3.77. The van der Waals surface area contributed by atoms with Crippen LogP contribution in [0.5, 0.6) is 0 Å². The lowest BCUT2D eigenvalue weighted by molar-refractivity contribution is -0.117. The Morgan fingerprint density at radius 1 is 1.09 bits per heavy atom. The van der Waals surface area contributed by atoms with Crippen LogP contribution in [0.2, 0.25) is 0 Å². The third kappa shape index (κ3) is 7.02. The summed E-state index contributed by atoms with van der Waals surface area (Å²) < 4.78 is 9.39. The van der Waals surface area contributed by atoms with Gasteiger partial charge in [0.2, 0.25) is 11.9 Å². The fourth-order valence-corrected chi connectivity index (χ4v) is 5.52. The smallest absolute Gasteiger partial charge is 0.407 e. The van der Waals surface area contributed by atoms with Crippen LogP contribution in [0.15, 0.2) is 46.0 Å². The van der Waals surface area contributed by atoms with Crippen LogP contribution in [0.25, 0.3) is 11.2 Å². The highest BCUT2D eigenvalue weighted by Gasteiger charge is 2.31. The van der Waals surface area contributed by atoms with Gasteiger partial charge in [0.25, 0.3) is 5.56 Å². The van der Waals surface area contributed by atoms with Crippen molar-refractivity contribution in [1.82, 2.24) is 24.0 Å². The van der Waals surface area contributed by atoms with Gasteiger partial charge < -0.3 is 24.8 Å². The number of imidazole rings is 1. The van der Waals surface area contributed by atoms with Crippen molar-refractivity contribution in [3.05, 3.63) is 62.8 Å². The molecule has 3 aromatic rings. The zero-order valence-electron chi connectivity index (χ0n) is 26.5. The second-order valence-electron chi connectivity index (χ2n) is 12.7. The number of hydrogen-bond acceptors (Lipinski definition) is 8. The third-order valence-corrected chi connectivity index (χ3v) is 7.90. The zero-order valence-corrected chi connectivity index (χ0v) is 26.5. The van der Waals surface area contributed by atoms with E-state index in [4.69, 9.17) is 9.72 Å².